The number of rotatable bonds is 2. The monoisotopic (exact) mass is 329 g/mol. The number of hydrogen-bond acceptors (Lipinski definition) is 4. The molecule has 8 heteroatoms. The Bertz CT molecular complexity index is 987. The van der Waals surface area contributed by atoms with Crippen LogP contribution in [0, 0.1) is 5.82 Å². The van der Waals surface area contributed by atoms with E-state index in [4.69, 9.17) is 0 Å². The van der Waals surface area contributed by atoms with E-state index in [0.717, 1.165) is 25.7 Å². The SMILES string of the molecule is O=C(NC1CCCCC1)c1nnn2c1c(=O)[nH]c1cc(F)ccc12. The Kier molecular flexibility index (Phi) is 3.51. The zero-order valence-electron chi connectivity index (χ0n) is 12.9. The van der Waals surface area contributed by atoms with Crippen LogP contribution in [0.25, 0.3) is 16.6 Å². The number of halogens is 1. The zero-order valence-corrected chi connectivity index (χ0v) is 12.9. The topological polar surface area (TPSA) is 92.2 Å². The lowest BCUT2D eigenvalue weighted by Crippen LogP contribution is -2.36. The van der Waals surface area contributed by atoms with Crippen LogP contribution in [-0.2, 0) is 0 Å². The summed E-state index contributed by atoms with van der Waals surface area (Å²) < 4.78 is 14.6. The largest absolute Gasteiger partial charge is 0.348 e. The molecule has 7 nitrogen and oxygen atoms in total. The molecule has 1 amide bonds. The Morgan fingerprint density at radius 1 is 1.29 bits per heavy atom. The van der Waals surface area contributed by atoms with E-state index in [0.29, 0.717) is 11.0 Å². The molecule has 4 rings (SSSR count). The van der Waals surface area contributed by atoms with Gasteiger partial charge in [0.05, 0.1) is 11.0 Å². The van der Waals surface area contributed by atoms with Crippen LogP contribution < -0.4 is 10.9 Å². The Balaban J connectivity index is 1.78. The molecule has 124 valence electrons. The average molecular weight is 329 g/mol. The molecule has 24 heavy (non-hydrogen) atoms. The Hall–Kier alpha value is -2.77. The molecule has 1 aromatic carbocycles. The molecule has 0 saturated heterocycles. The number of benzene rings is 1. The predicted octanol–water partition coefficient (Wildman–Crippen LogP) is 1.77. The van der Waals surface area contributed by atoms with Crippen molar-refractivity contribution in [1.82, 2.24) is 25.1 Å². The highest BCUT2D eigenvalue weighted by atomic mass is 19.1. The average Bonchev–Trinajstić information content (AvgIpc) is 3.01. The maximum Gasteiger partial charge on any atom is 0.277 e. The first-order valence-electron chi connectivity index (χ1n) is 8.01. The summed E-state index contributed by atoms with van der Waals surface area (Å²) in [6.45, 7) is 0. The van der Waals surface area contributed by atoms with Gasteiger partial charge in [-0.3, -0.25) is 9.59 Å². The second kappa shape index (κ2) is 5.70. The first-order chi connectivity index (χ1) is 11.6. The molecule has 1 fully saturated rings. The van der Waals surface area contributed by atoms with Crippen molar-refractivity contribution in [3.8, 4) is 0 Å². The number of H-pyrrole nitrogens is 1. The molecular weight excluding hydrogens is 313 g/mol. The van der Waals surface area contributed by atoms with Crippen molar-refractivity contribution in [1.29, 1.82) is 0 Å². The summed E-state index contributed by atoms with van der Waals surface area (Å²) in [7, 11) is 0. The summed E-state index contributed by atoms with van der Waals surface area (Å²) >= 11 is 0. The Morgan fingerprint density at radius 3 is 2.88 bits per heavy atom. The molecule has 0 radical (unpaired) electrons. The summed E-state index contributed by atoms with van der Waals surface area (Å²) in [5, 5.41) is 10.7. The van der Waals surface area contributed by atoms with Gasteiger partial charge < -0.3 is 10.3 Å². The number of nitrogens with zero attached hydrogens (tertiary/aromatic N) is 3. The lowest BCUT2D eigenvalue weighted by molar-refractivity contribution is 0.0924. The highest BCUT2D eigenvalue weighted by Gasteiger charge is 2.23. The van der Waals surface area contributed by atoms with E-state index in [9.17, 15) is 14.0 Å². The summed E-state index contributed by atoms with van der Waals surface area (Å²) in [6, 6.07) is 4.07. The van der Waals surface area contributed by atoms with Crippen molar-refractivity contribution < 1.29 is 9.18 Å². The van der Waals surface area contributed by atoms with Gasteiger partial charge in [-0.1, -0.05) is 24.5 Å². The first kappa shape index (κ1) is 14.8. The minimum Gasteiger partial charge on any atom is -0.348 e. The van der Waals surface area contributed by atoms with Crippen molar-refractivity contribution in [3.63, 3.8) is 0 Å². The summed E-state index contributed by atoms with van der Waals surface area (Å²) in [5.41, 5.74) is 0.328. The van der Waals surface area contributed by atoms with Crippen LogP contribution in [0.5, 0.6) is 0 Å². The number of aromatic nitrogens is 4. The molecule has 1 aliphatic rings. The molecule has 1 aliphatic carbocycles. The molecule has 0 atom stereocenters. The molecule has 2 N–H and O–H groups in total. The minimum absolute atomic E-state index is 0.00644. The highest BCUT2D eigenvalue weighted by molar-refractivity contribution is 5.99. The van der Waals surface area contributed by atoms with Gasteiger partial charge >= 0.3 is 0 Å². The number of carbonyl (C=O) groups is 1. The minimum atomic E-state index is -0.521. The fourth-order valence-electron chi connectivity index (χ4n) is 3.28. The van der Waals surface area contributed by atoms with E-state index in [2.05, 4.69) is 20.6 Å². The smallest absolute Gasteiger partial charge is 0.277 e. The molecular formula is C16H16FN5O2. The fraction of sp³-hybridized carbons (Fsp3) is 0.375. The van der Waals surface area contributed by atoms with Crippen molar-refractivity contribution in [3.05, 3.63) is 40.1 Å². The number of amides is 1. The Morgan fingerprint density at radius 2 is 2.08 bits per heavy atom. The predicted molar refractivity (Wildman–Crippen MR) is 85.4 cm³/mol. The molecule has 2 aromatic heterocycles. The molecule has 0 spiro atoms. The number of hydrogen-bond donors (Lipinski definition) is 2. The zero-order chi connectivity index (χ0) is 16.7. The molecule has 0 unspecified atom stereocenters. The molecule has 3 aromatic rings. The maximum absolute atomic E-state index is 13.3. The number of aromatic amines is 1. The third kappa shape index (κ3) is 2.44. The molecule has 0 aliphatic heterocycles. The van der Waals surface area contributed by atoms with E-state index in [1.165, 1.54) is 29.1 Å². The quantitative estimate of drug-likeness (QED) is 0.749. The third-order valence-electron chi connectivity index (χ3n) is 4.48. The van der Waals surface area contributed by atoms with Gasteiger partial charge in [-0.25, -0.2) is 8.91 Å². The third-order valence-corrected chi connectivity index (χ3v) is 4.48. The summed E-state index contributed by atoms with van der Waals surface area (Å²) in [4.78, 5) is 27.4. The molecule has 0 bridgehead atoms. The van der Waals surface area contributed by atoms with Crippen LogP contribution in [0.15, 0.2) is 23.0 Å². The summed E-state index contributed by atoms with van der Waals surface area (Å²) in [5.74, 6) is -0.864. The lowest BCUT2D eigenvalue weighted by atomic mass is 9.95. The van der Waals surface area contributed by atoms with E-state index < -0.39 is 17.3 Å². The first-order valence-corrected chi connectivity index (χ1v) is 8.01. The number of fused-ring (bicyclic) bond motifs is 3. The van der Waals surface area contributed by atoms with Gasteiger partial charge in [-0.2, -0.15) is 0 Å². The fourth-order valence-corrected chi connectivity index (χ4v) is 3.28. The van der Waals surface area contributed by atoms with Gasteiger partial charge in [-0.05, 0) is 31.0 Å². The Labute approximate surface area is 135 Å². The lowest BCUT2D eigenvalue weighted by Gasteiger charge is -2.22. The second-order valence-electron chi connectivity index (χ2n) is 6.12. The van der Waals surface area contributed by atoms with Crippen LogP contribution >= 0.6 is 0 Å². The van der Waals surface area contributed by atoms with Gasteiger partial charge in [-0.15, -0.1) is 5.10 Å². The van der Waals surface area contributed by atoms with Gasteiger partial charge in [0.25, 0.3) is 11.5 Å². The normalized spacial score (nSPS) is 15.9. The maximum atomic E-state index is 13.3. The summed E-state index contributed by atoms with van der Waals surface area (Å²) in [6.07, 6.45) is 5.23. The standard InChI is InChI=1S/C16H16FN5O2/c17-9-6-7-12-11(8-9)19-16(24)14-13(20-21-22(12)14)15(23)18-10-4-2-1-3-5-10/h6-8,10H,1-5H2,(H,18,23)(H,19,24). The van der Waals surface area contributed by atoms with Crippen LogP contribution in [0.3, 0.4) is 0 Å². The van der Waals surface area contributed by atoms with Gasteiger partial charge in [0.1, 0.15) is 5.82 Å². The van der Waals surface area contributed by atoms with Gasteiger partial charge in [0.15, 0.2) is 11.2 Å². The number of nitrogens with one attached hydrogen (secondary N) is 2. The van der Waals surface area contributed by atoms with E-state index in [-0.39, 0.29) is 17.3 Å². The van der Waals surface area contributed by atoms with Crippen molar-refractivity contribution in [2.24, 2.45) is 0 Å². The number of carbonyl (C=O) groups excluding carboxylic acids is 1. The van der Waals surface area contributed by atoms with Crippen molar-refractivity contribution in [2.45, 2.75) is 38.1 Å². The molecule has 1 saturated carbocycles. The van der Waals surface area contributed by atoms with Crippen molar-refractivity contribution in [2.75, 3.05) is 0 Å². The van der Waals surface area contributed by atoms with Crippen LogP contribution in [0.2, 0.25) is 0 Å². The van der Waals surface area contributed by atoms with Crippen molar-refractivity contribution >= 4 is 22.5 Å². The van der Waals surface area contributed by atoms with Crippen LogP contribution in [-0.4, -0.2) is 31.8 Å². The van der Waals surface area contributed by atoms with E-state index >= 15 is 0 Å². The van der Waals surface area contributed by atoms with Crippen LogP contribution in [0.4, 0.5) is 4.39 Å². The van der Waals surface area contributed by atoms with Gasteiger partial charge in [0.2, 0.25) is 0 Å². The van der Waals surface area contributed by atoms with E-state index in [1.807, 2.05) is 0 Å². The highest BCUT2D eigenvalue weighted by Crippen LogP contribution is 2.18. The molecule has 2 heterocycles. The van der Waals surface area contributed by atoms with Crippen LogP contribution in [0.1, 0.15) is 42.6 Å². The van der Waals surface area contributed by atoms with Gasteiger partial charge in [0, 0.05) is 6.04 Å². The van der Waals surface area contributed by atoms with E-state index in [1.54, 1.807) is 0 Å². The second-order valence-corrected chi connectivity index (χ2v) is 6.12.